The van der Waals surface area contributed by atoms with Crippen molar-refractivity contribution in [3.8, 4) is 0 Å². The normalized spacial score (nSPS) is 12.0. The Bertz CT molecular complexity index is 724. The number of carbonyl (C=O) groups is 1. The first-order valence-corrected chi connectivity index (χ1v) is 9.45. The quantitative estimate of drug-likeness (QED) is 0.224. The van der Waals surface area contributed by atoms with Gasteiger partial charge in [0.2, 0.25) is 5.91 Å². The van der Waals surface area contributed by atoms with Gasteiger partial charge in [0.15, 0.2) is 5.96 Å². The van der Waals surface area contributed by atoms with Crippen LogP contribution in [0.2, 0.25) is 0 Å². The number of nitrogens with one attached hydrogen (secondary N) is 3. The summed E-state index contributed by atoms with van der Waals surface area (Å²) < 4.78 is 13.1. The fourth-order valence-electron chi connectivity index (χ4n) is 2.42. The van der Waals surface area contributed by atoms with Crippen molar-refractivity contribution in [2.24, 2.45) is 4.99 Å². The molecule has 2 aromatic rings. The topological polar surface area (TPSA) is 65.5 Å². The second-order valence-electron chi connectivity index (χ2n) is 5.95. The second kappa shape index (κ2) is 12.7. The van der Waals surface area contributed by atoms with E-state index in [1.54, 1.807) is 30.5 Å². The lowest BCUT2D eigenvalue weighted by Gasteiger charge is -2.15. The van der Waals surface area contributed by atoms with Crippen molar-refractivity contribution in [1.29, 1.82) is 0 Å². The van der Waals surface area contributed by atoms with Gasteiger partial charge >= 0.3 is 0 Å². The Labute approximate surface area is 180 Å². The minimum absolute atomic E-state index is 0. The highest BCUT2D eigenvalue weighted by atomic mass is 127. The molecule has 0 bridgehead atoms. The Morgan fingerprint density at radius 1 is 1.19 bits per heavy atom. The van der Waals surface area contributed by atoms with Crippen LogP contribution in [0, 0.1) is 5.82 Å². The van der Waals surface area contributed by atoms with E-state index < -0.39 is 0 Å². The van der Waals surface area contributed by atoms with Crippen molar-refractivity contribution in [2.75, 3.05) is 26.7 Å². The average molecular weight is 504 g/mol. The molecule has 1 heterocycles. The Morgan fingerprint density at radius 2 is 1.96 bits per heavy atom. The number of rotatable bonds is 8. The first kappa shape index (κ1) is 23.4. The molecular formula is C19H26FIN4OS. The number of hydrogen-bond acceptors (Lipinski definition) is 3. The van der Waals surface area contributed by atoms with Crippen molar-refractivity contribution < 1.29 is 9.18 Å². The van der Waals surface area contributed by atoms with Crippen LogP contribution in [0.5, 0.6) is 0 Å². The second-order valence-corrected chi connectivity index (χ2v) is 6.93. The molecule has 0 spiro atoms. The summed E-state index contributed by atoms with van der Waals surface area (Å²) >= 11 is 1.75. The molecule has 8 heteroatoms. The van der Waals surface area contributed by atoms with E-state index in [1.165, 1.54) is 17.0 Å². The number of carbonyl (C=O) groups excluding carboxylic acids is 1. The zero-order chi connectivity index (χ0) is 18.8. The highest BCUT2D eigenvalue weighted by molar-refractivity contribution is 14.0. The van der Waals surface area contributed by atoms with Crippen molar-refractivity contribution >= 4 is 47.2 Å². The maximum Gasteiger partial charge on any atom is 0.224 e. The highest BCUT2D eigenvalue weighted by Crippen LogP contribution is 2.19. The van der Waals surface area contributed by atoms with E-state index in [2.05, 4.69) is 45.4 Å². The molecular weight excluding hydrogens is 478 g/mol. The summed E-state index contributed by atoms with van der Waals surface area (Å²) in [6.07, 6.45) is 0.170. The van der Waals surface area contributed by atoms with Gasteiger partial charge in [0.05, 0.1) is 6.42 Å². The molecule has 1 unspecified atom stereocenters. The van der Waals surface area contributed by atoms with Gasteiger partial charge in [0.25, 0.3) is 0 Å². The van der Waals surface area contributed by atoms with Crippen LogP contribution in [0.25, 0.3) is 0 Å². The van der Waals surface area contributed by atoms with Crippen LogP contribution in [0.1, 0.15) is 23.3 Å². The number of nitrogens with zero attached hydrogens (tertiary/aromatic N) is 1. The van der Waals surface area contributed by atoms with Gasteiger partial charge in [-0.25, -0.2) is 4.39 Å². The van der Waals surface area contributed by atoms with E-state index in [4.69, 9.17) is 0 Å². The molecule has 2 rings (SSSR count). The average Bonchev–Trinajstić information content (AvgIpc) is 3.15. The molecule has 0 fully saturated rings. The summed E-state index contributed by atoms with van der Waals surface area (Å²) in [6, 6.07) is 10.3. The van der Waals surface area contributed by atoms with Gasteiger partial charge in [-0.05, 0) is 29.1 Å². The number of guanidine groups is 1. The predicted molar refractivity (Wildman–Crippen MR) is 121 cm³/mol. The molecule has 148 valence electrons. The van der Waals surface area contributed by atoms with Crippen LogP contribution in [0.3, 0.4) is 0 Å². The first-order valence-electron chi connectivity index (χ1n) is 8.57. The summed E-state index contributed by atoms with van der Waals surface area (Å²) in [5.74, 6) is 0.641. The number of benzene rings is 1. The van der Waals surface area contributed by atoms with Gasteiger partial charge in [0, 0.05) is 37.5 Å². The maximum atomic E-state index is 13.1. The summed E-state index contributed by atoms with van der Waals surface area (Å²) in [6.45, 7) is 3.97. The SMILES string of the molecule is CN=C(NCCNC(=O)Cc1cccc(F)c1)NCC(C)c1cccs1.I. The highest BCUT2D eigenvalue weighted by Gasteiger charge is 2.08. The summed E-state index contributed by atoms with van der Waals surface area (Å²) in [7, 11) is 1.72. The molecule has 1 atom stereocenters. The van der Waals surface area contributed by atoms with Gasteiger partial charge in [-0.2, -0.15) is 0 Å². The third kappa shape index (κ3) is 8.70. The number of halogens is 2. The van der Waals surface area contributed by atoms with Crippen LogP contribution in [0.4, 0.5) is 4.39 Å². The minimum atomic E-state index is -0.330. The molecule has 0 saturated heterocycles. The summed E-state index contributed by atoms with van der Waals surface area (Å²) in [4.78, 5) is 17.4. The van der Waals surface area contributed by atoms with Crippen molar-refractivity contribution in [1.82, 2.24) is 16.0 Å². The van der Waals surface area contributed by atoms with E-state index >= 15 is 0 Å². The summed E-state index contributed by atoms with van der Waals surface area (Å²) in [5, 5.41) is 11.3. The van der Waals surface area contributed by atoms with E-state index in [1.807, 2.05) is 0 Å². The smallest absolute Gasteiger partial charge is 0.224 e. The third-order valence-electron chi connectivity index (χ3n) is 3.82. The summed E-state index contributed by atoms with van der Waals surface area (Å²) in [5.41, 5.74) is 0.663. The molecule has 1 aromatic heterocycles. The monoisotopic (exact) mass is 504 g/mol. The lowest BCUT2D eigenvalue weighted by molar-refractivity contribution is -0.120. The van der Waals surface area contributed by atoms with Crippen LogP contribution in [0.15, 0.2) is 46.8 Å². The van der Waals surface area contributed by atoms with E-state index in [9.17, 15) is 9.18 Å². The molecule has 0 saturated carbocycles. The Balaban J connectivity index is 0.00000364. The molecule has 0 aliphatic rings. The number of aliphatic imine (C=N–C) groups is 1. The zero-order valence-electron chi connectivity index (χ0n) is 15.5. The van der Waals surface area contributed by atoms with Gasteiger partial charge in [0.1, 0.15) is 5.82 Å². The third-order valence-corrected chi connectivity index (χ3v) is 4.93. The van der Waals surface area contributed by atoms with Gasteiger partial charge < -0.3 is 16.0 Å². The van der Waals surface area contributed by atoms with Crippen LogP contribution < -0.4 is 16.0 Å². The van der Waals surface area contributed by atoms with Crippen LogP contribution in [-0.2, 0) is 11.2 Å². The maximum absolute atomic E-state index is 13.1. The van der Waals surface area contributed by atoms with E-state index in [0.717, 1.165) is 6.54 Å². The fraction of sp³-hybridized carbons (Fsp3) is 0.368. The van der Waals surface area contributed by atoms with Gasteiger partial charge in [-0.1, -0.05) is 25.1 Å². The lowest BCUT2D eigenvalue weighted by atomic mass is 10.1. The molecule has 0 aliphatic carbocycles. The van der Waals surface area contributed by atoms with Crippen LogP contribution in [-0.4, -0.2) is 38.5 Å². The fourth-order valence-corrected chi connectivity index (χ4v) is 3.21. The zero-order valence-corrected chi connectivity index (χ0v) is 18.6. The molecule has 0 radical (unpaired) electrons. The molecule has 5 nitrogen and oxygen atoms in total. The minimum Gasteiger partial charge on any atom is -0.356 e. The largest absolute Gasteiger partial charge is 0.356 e. The predicted octanol–water partition coefficient (Wildman–Crippen LogP) is 3.13. The Kier molecular flexibility index (Phi) is 11.0. The van der Waals surface area contributed by atoms with Crippen molar-refractivity contribution in [3.05, 3.63) is 58.0 Å². The van der Waals surface area contributed by atoms with Gasteiger partial charge in [-0.3, -0.25) is 9.79 Å². The van der Waals surface area contributed by atoms with E-state index in [0.29, 0.717) is 30.5 Å². The standard InChI is InChI=1S/C19H25FN4OS.HI/c1-14(17-7-4-10-26-17)13-24-19(21-2)23-9-8-22-18(25)12-15-5-3-6-16(20)11-15;/h3-7,10-11,14H,8-9,12-13H2,1-2H3,(H,22,25)(H2,21,23,24);1H. The van der Waals surface area contributed by atoms with Crippen molar-refractivity contribution in [2.45, 2.75) is 19.3 Å². The molecule has 27 heavy (non-hydrogen) atoms. The molecule has 1 amide bonds. The van der Waals surface area contributed by atoms with E-state index in [-0.39, 0.29) is 42.1 Å². The number of thiophene rings is 1. The lowest BCUT2D eigenvalue weighted by Crippen LogP contribution is -2.42. The molecule has 3 N–H and O–H groups in total. The van der Waals surface area contributed by atoms with Crippen molar-refractivity contribution in [3.63, 3.8) is 0 Å². The van der Waals surface area contributed by atoms with Gasteiger partial charge in [-0.15, -0.1) is 35.3 Å². The number of hydrogen-bond donors (Lipinski definition) is 3. The Hall–Kier alpha value is -1.68. The molecule has 1 aromatic carbocycles. The first-order chi connectivity index (χ1) is 12.6. The number of amides is 1. The molecule has 0 aliphatic heterocycles. The van der Waals surface area contributed by atoms with Crippen LogP contribution >= 0.6 is 35.3 Å². The Morgan fingerprint density at radius 3 is 2.63 bits per heavy atom.